The molecule has 124 valence electrons. The molecule has 2 N–H and O–H groups in total. The topological polar surface area (TPSA) is 102 Å². The average Bonchev–Trinajstić information content (AvgIpc) is 3.20. The standard InChI is InChI=1S/C16H17N5O3/c1-9(2)19-15(22)13-10(16(23)24-3)4-5-11-14(13)17-8-21(11)12-6-7-18-20-12/h4-9H,1-3H3,(H,18,20)(H,19,22). The van der Waals surface area contributed by atoms with Crippen LogP contribution in [0.1, 0.15) is 34.6 Å². The molecule has 8 heteroatoms. The Labute approximate surface area is 137 Å². The molecule has 0 aliphatic heterocycles. The number of methoxy groups -OCH3 is 1. The summed E-state index contributed by atoms with van der Waals surface area (Å²) in [5, 5.41) is 9.55. The van der Waals surface area contributed by atoms with Crippen LogP contribution in [0.3, 0.4) is 0 Å². The molecule has 3 rings (SSSR count). The van der Waals surface area contributed by atoms with E-state index >= 15 is 0 Å². The van der Waals surface area contributed by atoms with E-state index in [1.807, 2.05) is 13.8 Å². The molecule has 0 aliphatic carbocycles. The number of ether oxygens (including phenoxy) is 1. The van der Waals surface area contributed by atoms with Gasteiger partial charge in [0.05, 0.1) is 30.0 Å². The highest BCUT2D eigenvalue weighted by molar-refractivity contribution is 6.13. The fraction of sp³-hybridized carbons (Fsp3) is 0.250. The largest absolute Gasteiger partial charge is 0.465 e. The Morgan fingerprint density at radius 3 is 2.71 bits per heavy atom. The van der Waals surface area contributed by atoms with Crippen LogP contribution in [0.5, 0.6) is 0 Å². The number of rotatable bonds is 4. The Morgan fingerprint density at radius 2 is 2.08 bits per heavy atom. The lowest BCUT2D eigenvalue weighted by molar-refractivity contribution is 0.0596. The van der Waals surface area contributed by atoms with Crippen LogP contribution in [0, 0.1) is 0 Å². The quantitative estimate of drug-likeness (QED) is 0.710. The van der Waals surface area contributed by atoms with Gasteiger partial charge in [0.15, 0.2) is 0 Å². The molecule has 0 aliphatic rings. The number of carbonyl (C=O) groups excluding carboxylic acids is 2. The van der Waals surface area contributed by atoms with Crippen molar-refractivity contribution >= 4 is 22.9 Å². The summed E-state index contributed by atoms with van der Waals surface area (Å²) in [6.07, 6.45) is 3.20. The summed E-state index contributed by atoms with van der Waals surface area (Å²) in [6, 6.07) is 5.00. The van der Waals surface area contributed by atoms with E-state index in [1.165, 1.54) is 7.11 Å². The summed E-state index contributed by atoms with van der Waals surface area (Å²) in [5.74, 6) is -0.244. The molecule has 0 bridgehead atoms. The molecule has 1 aromatic carbocycles. The average molecular weight is 327 g/mol. The van der Waals surface area contributed by atoms with Crippen molar-refractivity contribution in [3.63, 3.8) is 0 Å². The number of hydrogen-bond donors (Lipinski definition) is 2. The van der Waals surface area contributed by atoms with Crippen molar-refractivity contribution in [3.8, 4) is 5.82 Å². The van der Waals surface area contributed by atoms with Crippen LogP contribution in [0.15, 0.2) is 30.7 Å². The van der Waals surface area contributed by atoms with E-state index in [9.17, 15) is 9.59 Å². The first-order valence-corrected chi connectivity index (χ1v) is 7.42. The van der Waals surface area contributed by atoms with Gasteiger partial charge in [-0.3, -0.25) is 14.5 Å². The number of benzene rings is 1. The molecule has 0 unspecified atom stereocenters. The summed E-state index contributed by atoms with van der Waals surface area (Å²) in [6.45, 7) is 3.69. The van der Waals surface area contributed by atoms with E-state index in [-0.39, 0.29) is 23.1 Å². The van der Waals surface area contributed by atoms with E-state index < -0.39 is 5.97 Å². The highest BCUT2D eigenvalue weighted by atomic mass is 16.5. The fourth-order valence-electron chi connectivity index (χ4n) is 2.50. The van der Waals surface area contributed by atoms with Crippen molar-refractivity contribution in [1.82, 2.24) is 25.1 Å². The van der Waals surface area contributed by atoms with Crippen LogP contribution < -0.4 is 5.32 Å². The maximum atomic E-state index is 12.6. The van der Waals surface area contributed by atoms with Crippen molar-refractivity contribution in [2.75, 3.05) is 7.11 Å². The minimum atomic E-state index is -0.582. The Hall–Kier alpha value is -3.16. The molecule has 3 aromatic rings. The third-order valence-corrected chi connectivity index (χ3v) is 3.52. The van der Waals surface area contributed by atoms with Gasteiger partial charge >= 0.3 is 5.97 Å². The van der Waals surface area contributed by atoms with Crippen LogP contribution in [0.25, 0.3) is 16.9 Å². The van der Waals surface area contributed by atoms with E-state index in [2.05, 4.69) is 20.5 Å². The SMILES string of the molecule is COC(=O)c1ccc2c(ncn2-c2ccn[nH]2)c1C(=O)NC(C)C. The lowest BCUT2D eigenvalue weighted by atomic mass is 10.0. The second-order valence-corrected chi connectivity index (χ2v) is 5.53. The lowest BCUT2D eigenvalue weighted by Crippen LogP contribution is -2.31. The molecule has 0 saturated carbocycles. The van der Waals surface area contributed by atoms with Gasteiger partial charge in [0, 0.05) is 12.1 Å². The predicted molar refractivity (Wildman–Crippen MR) is 87.2 cm³/mol. The zero-order valence-electron chi connectivity index (χ0n) is 13.5. The molecule has 24 heavy (non-hydrogen) atoms. The molecular formula is C16H17N5O3. The number of amides is 1. The molecular weight excluding hydrogens is 310 g/mol. The molecule has 0 saturated heterocycles. The molecule has 2 aromatic heterocycles. The molecule has 0 radical (unpaired) electrons. The number of aromatic amines is 1. The minimum absolute atomic E-state index is 0.0760. The van der Waals surface area contributed by atoms with E-state index in [0.717, 1.165) is 0 Å². The second kappa shape index (κ2) is 6.15. The summed E-state index contributed by atoms with van der Waals surface area (Å²) < 4.78 is 6.55. The molecule has 0 fully saturated rings. The number of nitrogens with one attached hydrogen (secondary N) is 2. The number of aromatic nitrogens is 4. The Bertz CT molecular complexity index is 896. The molecule has 8 nitrogen and oxygen atoms in total. The summed E-state index contributed by atoms with van der Waals surface area (Å²) in [7, 11) is 1.28. The zero-order chi connectivity index (χ0) is 17.3. The van der Waals surface area contributed by atoms with E-state index in [1.54, 1.807) is 35.3 Å². The maximum absolute atomic E-state index is 12.6. The summed E-state index contributed by atoms with van der Waals surface area (Å²) >= 11 is 0. The van der Waals surface area contributed by atoms with Gasteiger partial charge in [-0.25, -0.2) is 9.78 Å². The minimum Gasteiger partial charge on any atom is -0.465 e. The summed E-state index contributed by atoms with van der Waals surface area (Å²) in [4.78, 5) is 29.0. The molecule has 0 atom stereocenters. The Kier molecular flexibility index (Phi) is 4.03. The van der Waals surface area contributed by atoms with Crippen molar-refractivity contribution < 1.29 is 14.3 Å². The number of fused-ring (bicyclic) bond motifs is 1. The van der Waals surface area contributed by atoms with Crippen LogP contribution in [0.2, 0.25) is 0 Å². The maximum Gasteiger partial charge on any atom is 0.338 e. The van der Waals surface area contributed by atoms with Crippen molar-refractivity contribution in [2.45, 2.75) is 19.9 Å². The van der Waals surface area contributed by atoms with Crippen LogP contribution in [0.4, 0.5) is 0 Å². The molecule has 1 amide bonds. The third-order valence-electron chi connectivity index (χ3n) is 3.52. The number of carbonyl (C=O) groups is 2. The van der Waals surface area contributed by atoms with Crippen molar-refractivity contribution in [2.24, 2.45) is 0 Å². The highest BCUT2D eigenvalue weighted by Crippen LogP contribution is 2.24. The molecule has 0 spiro atoms. The number of H-pyrrole nitrogens is 1. The number of nitrogens with zero attached hydrogens (tertiary/aromatic N) is 3. The van der Waals surface area contributed by atoms with Gasteiger partial charge in [0.25, 0.3) is 5.91 Å². The number of hydrogen-bond acceptors (Lipinski definition) is 5. The van der Waals surface area contributed by atoms with Crippen LogP contribution in [-0.2, 0) is 4.74 Å². The fourth-order valence-corrected chi connectivity index (χ4v) is 2.50. The summed E-state index contributed by atoms with van der Waals surface area (Å²) in [5.41, 5.74) is 1.48. The van der Waals surface area contributed by atoms with Crippen LogP contribution >= 0.6 is 0 Å². The lowest BCUT2D eigenvalue weighted by Gasteiger charge is -2.12. The highest BCUT2D eigenvalue weighted by Gasteiger charge is 2.24. The predicted octanol–water partition coefficient (Wildman–Crippen LogP) is 1.67. The van der Waals surface area contributed by atoms with Gasteiger partial charge < -0.3 is 10.1 Å². The van der Waals surface area contributed by atoms with E-state index in [0.29, 0.717) is 16.9 Å². The Balaban J connectivity index is 2.23. The van der Waals surface area contributed by atoms with Gasteiger partial charge in [-0.2, -0.15) is 5.10 Å². The first kappa shape index (κ1) is 15.7. The van der Waals surface area contributed by atoms with Gasteiger partial charge in [0.1, 0.15) is 17.7 Å². The monoisotopic (exact) mass is 327 g/mol. The van der Waals surface area contributed by atoms with E-state index in [4.69, 9.17) is 4.74 Å². The van der Waals surface area contributed by atoms with Gasteiger partial charge in [-0.05, 0) is 26.0 Å². The smallest absolute Gasteiger partial charge is 0.338 e. The third kappa shape index (κ3) is 2.62. The van der Waals surface area contributed by atoms with Gasteiger partial charge in [-0.1, -0.05) is 0 Å². The Morgan fingerprint density at radius 1 is 1.29 bits per heavy atom. The zero-order valence-corrected chi connectivity index (χ0v) is 13.5. The first-order chi connectivity index (χ1) is 11.5. The van der Waals surface area contributed by atoms with Crippen LogP contribution in [-0.4, -0.2) is 44.8 Å². The normalized spacial score (nSPS) is 11.0. The molecule has 2 heterocycles. The van der Waals surface area contributed by atoms with Gasteiger partial charge in [-0.15, -0.1) is 0 Å². The first-order valence-electron chi connectivity index (χ1n) is 7.42. The second-order valence-electron chi connectivity index (χ2n) is 5.53. The van der Waals surface area contributed by atoms with Gasteiger partial charge in [0.2, 0.25) is 0 Å². The van der Waals surface area contributed by atoms with Crippen molar-refractivity contribution in [1.29, 1.82) is 0 Å². The number of imidazole rings is 1. The number of esters is 1. The van der Waals surface area contributed by atoms with Crippen molar-refractivity contribution in [3.05, 3.63) is 41.9 Å².